The summed E-state index contributed by atoms with van der Waals surface area (Å²) in [7, 11) is 1.64. The minimum atomic E-state index is -0.335. The van der Waals surface area contributed by atoms with Crippen LogP contribution in [0.5, 0.6) is 0 Å². The third-order valence-corrected chi connectivity index (χ3v) is 5.95. The lowest BCUT2D eigenvalue weighted by Crippen LogP contribution is -2.36. The molecule has 0 fully saturated rings. The number of rotatable bonds is 3. The molecular weight excluding hydrogens is 372 g/mol. The quantitative estimate of drug-likeness (QED) is 0.562. The Labute approximate surface area is 165 Å². The molecule has 1 atom stereocenters. The molecule has 0 saturated carbocycles. The molecule has 5 rings (SSSR count). The number of anilines is 1. The van der Waals surface area contributed by atoms with Crippen molar-refractivity contribution < 1.29 is 4.79 Å². The topological polar surface area (TPSA) is 84.7 Å². The Morgan fingerprint density at radius 2 is 2.18 bits per heavy atom. The molecule has 0 aliphatic carbocycles. The number of amides is 1. The maximum absolute atomic E-state index is 12.1. The molecule has 4 aromatic heterocycles. The Bertz CT molecular complexity index is 1180. The molecule has 1 unspecified atom stereocenters. The molecule has 0 spiro atoms. The number of aromatic nitrogens is 4. The van der Waals surface area contributed by atoms with Crippen molar-refractivity contribution in [2.45, 2.75) is 19.5 Å². The van der Waals surface area contributed by atoms with E-state index in [1.54, 1.807) is 24.6 Å². The highest BCUT2D eigenvalue weighted by atomic mass is 32.1. The minimum absolute atomic E-state index is 0.0512. The number of nitrogens with zero attached hydrogens (tertiary/aromatic N) is 4. The molecule has 0 radical (unpaired) electrons. The van der Waals surface area contributed by atoms with Gasteiger partial charge in [-0.1, -0.05) is 6.07 Å². The van der Waals surface area contributed by atoms with E-state index in [9.17, 15) is 4.79 Å². The van der Waals surface area contributed by atoms with Crippen LogP contribution in [-0.2, 0) is 11.3 Å². The fourth-order valence-corrected chi connectivity index (χ4v) is 4.61. The Kier molecular flexibility index (Phi) is 3.87. The van der Waals surface area contributed by atoms with Crippen LogP contribution in [0.3, 0.4) is 0 Å². The SMILES string of the molecule is CNC(=O)C1Cn2c(nc(-c3cccc(C)n3)c2-c2cc3ncccc3s2)N1. The second kappa shape index (κ2) is 6.42. The third-order valence-electron chi connectivity index (χ3n) is 4.85. The number of fused-ring (bicyclic) bond motifs is 2. The van der Waals surface area contributed by atoms with E-state index in [0.29, 0.717) is 12.5 Å². The number of carbonyl (C=O) groups excluding carboxylic acids is 1. The molecule has 0 bridgehead atoms. The van der Waals surface area contributed by atoms with Crippen LogP contribution >= 0.6 is 11.3 Å². The molecule has 2 N–H and O–H groups in total. The van der Waals surface area contributed by atoms with Crippen LogP contribution in [0, 0.1) is 6.92 Å². The maximum atomic E-state index is 12.1. The molecule has 5 heterocycles. The highest BCUT2D eigenvalue weighted by Crippen LogP contribution is 2.41. The van der Waals surface area contributed by atoms with Gasteiger partial charge >= 0.3 is 0 Å². The molecule has 1 amide bonds. The number of thiophene rings is 1. The van der Waals surface area contributed by atoms with E-state index in [1.165, 1.54) is 0 Å². The van der Waals surface area contributed by atoms with E-state index < -0.39 is 0 Å². The summed E-state index contributed by atoms with van der Waals surface area (Å²) >= 11 is 1.67. The van der Waals surface area contributed by atoms with E-state index >= 15 is 0 Å². The van der Waals surface area contributed by atoms with Crippen molar-refractivity contribution in [3.05, 3.63) is 48.3 Å². The summed E-state index contributed by atoms with van der Waals surface area (Å²) < 4.78 is 3.19. The van der Waals surface area contributed by atoms with Gasteiger partial charge in [0.25, 0.3) is 0 Å². The zero-order valence-electron chi connectivity index (χ0n) is 15.4. The lowest BCUT2D eigenvalue weighted by molar-refractivity contribution is -0.121. The van der Waals surface area contributed by atoms with Gasteiger partial charge in [-0.25, -0.2) is 4.98 Å². The fourth-order valence-electron chi connectivity index (χ4n) is 3.54. The molecule has 7 nitrogen and oxygen atoms in total. The summed E-state index contributed by atoms with van der Waals surface area (Å²) in [5, 5.41) is 5.94. The number of pyridine rings is 2. The van der Waals surface area contributed by atoms with Crippen LogP contribution in [0.25, 0.3) is 32.2 Å². The molecule has 140 valence electrons. The van der Waals surface area contributed by atoms with Gasteiger partial charge < -0.3 is 15.2 Å². The average Bonchev–Trinajstić information content (AvgIpc) is 3.38. The van der Waals surface area contributed by atoms with Crippen LogP contribution in [0.4, 0.5) is 5.95 Å². The highest BCUT2D eigenvalue weighted by Gasteiger charge is 2.32. The number of likely N-dealkylation sites (N-methyl/N-ethyl adjacent to an activating group) is 1. The molecule has 4 aromatic rings. The van der Waals surface area contributed by atoms with E-state index in [2.05, 4.69) is 37.3 Å². The third kappa shape index (κ3) is 2.65. The summed E-state index contributed by atoms with van der Waals surface area (Å²) in [6.07, 6.45) is 1.80. The van der Waals surface area contributed by atoms with Gasteiger partial charge in [0, 0.05) is 18.9 Å². The van der Waals surface area contributed by atoms with E-state index in [-0.39, 0.29) is 11.9 Å². The lowest BCUT2D eigenvalue weighted by Gasteiger charge is -2.10. The Morgan fingerprint density at radius 1 is 1.29 bits per heavy atom. The first kappa shape index (κ1) is 16.9. The number of nitrogens with one attached hydrogen (secondary N) is 2. The predicted octanol–water partition coefficient (Wildman–Crippen LogP) is 3.07. The Hall–Kier alpha value is -3.26. The molecular formula is C20H18N6OS. The Morgan fingerprint density at radius 3 is 2.96 bits per heavy atom. The van der Waals surface area contributed by atoms with E-state index in [1.807, 2.05) is 31.2 Å². The number of imidazole rings is 1. The largest absolute Gasteiger partial charge is 0.357 e. The Balaban J connectivity index is 1.70. The summed E-state index contributed by atoms with van der Waals surface area (Å²) in [6.45, 7) is 2.49. The van der Waals surface area contributed by atoms with Crippen molar-refractivity contribution in [2.75, 3.05) is 12.4 Å². The summed E-state index contributed by atoms with van der Waals surface area (Å²) in [6, 6.07) is 11.7. The van der Waals surface area contributed by atoms with Gasteiger partial charge in [0.1, 0.15) is 11.7 Å². The second-order valence-corrected chi connectivity index (χ2v) is 7.80. The van der Waals surface area contributed by atoms with Crippen molar-refractivity contribution in [3.63, 3.8) is 0 Å². The van der Waals surface area contributed by atoms with Crippen LogP contribution in [0.15, 0.2) is 42.6 Å². The van der Waals surface area contributed by atoms with Crippen LogP contribution in [0.2, 0.25) is 0 Å². The number of carbonyl (C=O) groups is 1. The summed E-state index contributed by atoms with van der Waals surface area (Å²) in [5.74, 6) is 0.636. The summed E-state index contributed by atoms with van der Waals surface area (Å²) in [4.78, 5) is 27.1. The van der Waals surface area contributed by atoms with Crippen LogP contribution in [0.1, 0.15) is 5.69 Å². The predicted molar refractivity (Wildman–Crippen MR) is 110 cm³/mol. The van der Waals surface area contributed by atoms with Crippen molar-refractivity contribution in [1.29, 1.82) is 0 Å². The normalized spacial score (nSPS) is 15.4. The smallest absolute Gasteiger partial charge is 0.244 e. The lowest BCUT2D eigenvalue weighted by atomic mass is 10.1. The first-order chi connectivity index (χ1) is 13.6. The number of hydrogen-bond acceptors (Lipinski definition) is 6. The standard InChI is InChI=1S/C20H18N6OS/c1-11-5-3-6-12(23-11)17-18(16-9-13-15(28-16)7-4-8-22-13)26-10-14(19(27)21-2)24-20(26)25-17/h3-9,14H,10H2,1-2H3,(H,21,27)(H,24,25). The van der Waals surface area contributed by atoms with Crippen LogP contribution < -0.4 is 10.6 Å². The van der Waals surface area contributed by atoms with Crippen molar-refractivity contribution >= 4 is 33.4 Å². The van der Waals surface area contributed by atoms with Gasteiger partial charge in [0.15, 0.2) is 0 Å². The summed E-state index contributed by atoms with van der Waals surface area (Å²) in [5.41, 5.74) is 4.49. The van der Waals surface area contributed by atoms with Gasteiger partial charge in [-0.15, -0.1) is 11.3 Å². The van der Waals surface area contributed by atoms with Gasteiger partial charge in [-0.2, -0.15) is 0 Å². The van der Waals surface area contributed by atoms with Crippen molar-refractivity contribution in [2.24, 2.45) is 0 Å². The second-order valence-electron chi connectivity index (χ2n) is 6.72. The molecule has 1 aliphatic heterocycles. The van der Waals surface area contributed by atoms with E-state index in [0.717, 1.165) is 37.9 Å². The zero-order valence-corrected chi connectivity index (χ0v) is 16.2. The molecule has 0 aromatic carbocycles. The highest BCUT2D eigenvalue weighted by molar-refractivity contribution is 7.22. The van der Waals surface area contributed by atoms with Crippen molar-refractivity contribution in [3.8, 4) is 22.0 Å². The van der Waals surface area contributed by atoms with E-state index in [4.69, 9.17) is 4.98 Å². The zero-order chi connectivity index (χ0) is 19.3. The first-order valence-electron chi connectivity index (χ1n) is 9.01. The monoisotopic (exact) mass is 390 g/mol. The van der Waals surface area contributed by atoms with Gasteiger partial charge in [0.05, 0.1) is 33.0 Å². The fraction of sp³-hybridized carbons (Fsp3) is 0.200. The molecule has 8 heteroatoms. The van der Waals surface area contributed by atoms with Gasteiger partial charge in [-0.05, 0) is 37.3 Å². The van der Waals surface area contributed by atoms with Gasteiger partial charge in [-0.3, -0.25) is 14.8 Å². The molecule has 0 saturated heterocycles. The molecule has 28 heavy (non-hydrogen) atoms. The van der Waals surface area contributed by atoms with Gasteiger partial charge in [0.2, 0.25) is 11.9 Å². The maximum Gasteiger partial charge on any atom is 0.244 e. The van der Waals surface area contributed by atoms with Crippen molar-refractivity contribution in [1.82, 2.24) is 24.8 Å². The first-order valence-corrected chi connectivity index (χ1v) is 9.83. The number of hydrogen-bond donors (Lipinski definition) is 2. The van der Waals surface area contributed by atoms with Crippen LogP contribution in [-0.4, -0.2) is 38.5 Å². The minimum Gasteiger partial charge on any atom is -0.357 e. The molecule has 1 aliphatic rings. The number of aryl methyl sites for hydroxylation is 1. The average molecular weight is 390 g/mol.